The molecule has 0 fully saturated rings. The molecule has 0 radical (unpaired) electrons. The van der Waals surface area contributed by atoms with E-state index in [2.05, 4.69) is 9.82 Å². The van der Waals surface area contributed by atoms with Crippen molar-refractivity contribution in [3.05, 3.63) is 84.1 Å². The predicted molar refractivity (Wildman–Crippen MR) is 118 cm³/mol. The van der Waals surface area contributed by atoms with E-state index >= 15 is 0 Å². The highest BCUT2D eigenvalue weighted by Crippen LogP contribution is 2.37. The first-order valence-corrected chi connectivity index (χ1v) is 12.8. The van der Waals surface area contributed by atoms with Crippen molar-refractivity contribution >= 4 is 31.4 Å². The second kappa shape index (κ2) is 8.40. The van der Waals surface area contributed by atoms with Gasteiger partial charge in [0.15, 0.2) is 0 Å². The molecule has 2 aromatic carbocycles. The lowest BCUT2D eigenvalue weighted by Crippen LogP contribution is -2.27. The molecule has 0 unspecified atom stereocenters. The van der Waals surface area contributed by atoms with Crippen LogP contribution < -0.4 is 4.72 Å². The molecule has 0 spiro atoms. The minimum absolute atomic E-state index is 0.0531. The van der Waals surface area contributed by atoms with E-state index in [0.29, 0.717) is 22.7 Å². The van der Waals surface area contributed by atoms with E-state index in [1.165, 1.54) is 25.3 Å². The molecule has 168 valence electrons. The monoisotopic (exact) mass is 477 g/mol. The second-order valence-electron chi connectivity index (χ2n) is 7.10. The van der Waals surface area contributed by atoms with Crippen LogP contribution in [0.5, 0.6) is 0 Å². The van der Waals surface area contributed by atoms with E-state index < -0.39 is 31.9 Å². The van der Waals surface area contributed by atoms with Crippen LogP contribution in [0, 0.1) is 5.82 Å². The Kier molecular flexibility index (Phi) is 5.78. The second-order valence-corrected chi connectivity index (χ2v) is 10.9. The predicted octanol–water partition coefficient (Wildman–Crippen LogP) is 3.72. The Balaban J connectivity index is 1.69. The number of sulfonamides is 2. The number of rotatable bonds is 7. The van der Waals surface area contributed by atoms with E-state index in [4.69, 9.17) is 4.42 Å². The van der Waals surface area contributed by atoms with Crippen molar-refractivity contribution in [1.82, 2.24) is 4.41 Å². The van der Waals surface area contributed by atoms with Crippen LogP contribution in [-0.2, 0) is 20.0 Å². The zero-order valence-electron chi connectivity index (χ0n) is 17.0. The van der Waals surface area contributed by atoms with Crippen molar-refractivity contribution in [3.63, 3.8) is 0 Å². The summed E-state index contributed by atoms with van der Waals surface area (Å²) < 4.78 is 72.2. The summed E-state index contributed by atoms with van der Waals surface area (Å²) in [5.74, 6) is -0.180. The fraction of sp³-hybridized carbons (Fsp3) is 0.190. The van der Waals surface area contributed by atoms with Gasteiger partial charge in [-0.05, 0) is 61.0 Å². The maximum Gasteiger partial charge on any atom is 0.279 e. The van der Waals surface area contributed by atoms with Gasteiger partial charge in [-0.15, -0.1) is 0 Å². The summed E-state index contributed by atoms with van der Waals surface area (Å²) in [7, 11) is -7.49. The molecule has 2 heterocycles. The molecule has 0 saturated heterocycles. The number of furan rings is 1. The highest BCUT2D eigenvalue weighted by molar-refractivity contribution is 7.92. The Labute approximate surface area is 185 Å². The van der Waals surface area contributed by atoms with Gasteiger partial charge < -0.3 is 4.42 Å². The van der Waals surface area contributed by atoms with Gasteiger partial charge in [-0.25, -0.2) is 12.8 Å². The van der Waals surface area contributed by atoms with Gasteiger partial charge in [0.25, 0.3) is 10.0 Å². The molecule has 1 aliphatic heterocycles. The number of nitrogens with one attached hydrogen (secondary N) is 1. The Morgan fingerprint density at radius 1 is 1.06 bits per heavy atom. The first kappa shape index (κ1) is 22.0. The third-order valence-electron chi connectivity index (χ3n) is 4.97. The Morgan fingerprint density at radius 3 is 2.34 bits per heavy atom. The molecule has 1 N–H and O–H groups in total. The smallest absolute Gasteiger partial charge is 0.279 e. The third-order valence-corrected chi connectivity index (χ3v) is 7.98. The van der Waals surface area contributed by atoms with Crippen molar-refractivity contribution in [2.75, 3.05) is 10.5 Å². The van der Waals surface area contributed by atoms with Crippen LogP contribution in [0.1, 0.15) is 30.7 Å². The van der Waals surface area contributed by atoms with Gasteiger partial charge in [0.05, 0.1) is 22.6 Å². The maximum absolute atomic E-state index is 13.3. The molecule has 3 aromatic rings. The fourth-order valence-electron chi connectivity index (χ4n) is 3.27. The van der Waals surface area contributed by atoms with E-state index in [9.17, 15) is 21.2 Å². The van der Waals surface area contributed by atoms with Gasteiger partial charge in [0, 0.05) is 12.1 Å². The van der Waals surface area contributed by atoms with Gasteiger partial charge in [-0.1, -0.05) is 12.1 Å². The molecule has 32 heavy (non-hydrogen) atoms. The fourth-order valence-corrected chi connectivity index (χ4v) is 5.33. The standard InChI is InChI=1S/C21H20FN3O5S2/c1-2-31(26,27)24-17-9-5-15(6-10-17)19-14-20(21-4-3-13-30-21)25(23-19)32(28,29)18-11-7-16(22)8-12-18/h3-13,20,24H,2,14H2,1H3/t20-/m1/s1. The lowest BCUT2D eigenvalue weighted by atomic mass is 10.0. The van der Waals surface area contributed by atoms with Crippen LogP contribution in [0.4, 0.5) is 10.1 Å². The largest absolute Gasteiger partial charge is 0.467 e. The molecule has 1 atom stereocenters. The maximum atomic E-state index is 13.3. The van der Waals surface area contributed by atoms with Crippen LogP contribution in [0.3, 0.4) is 0 Å². The molecular weight excluding hydrogens is 457 g/mol. The van der Waals surface area contributed by atoms with Gasteiger partial charge in [-0.2, -0.15) is 17.9 Å². The number of benzene rings is 2. The minimum Gasteiger partial charge on any atom is -0.467 e. The van der Waals surface area contributed by atoms with Gasteiger partial charge in [0.2, 0.25) is 10.0 Å². The molecule has 11 heteroatoms. The van der Waals surface area contributed by atoms with Crippen LogP contribution in [-0.4, -0.2) is 32.7 Å². The first-order chi connectivity index (χ1) is 15.2. The molecule has 0 bridgehead atoms. The number of hydrazone groups is 1. The summed E-state index contributed by atoms with van der Waals surface area (Å²) in [4.78, 5) is -0.0928. The van der Waals surface area contributed by atoms with E-state index in [-0.39, 0.29) is 17.1 Å². The van der Waals surface area contributed by atoms with Crippen molar-refractivity contribution in [2.45, 2.75) is 24.3 Å². The average molecular weight is 478 g/mol. The summed E-state index contributed by atoms with van der Waals surface area (Å²) in [6.07, 6.45) is 1.69. The summed E-state index contributed by atoms with van der Waals surface area (Å²) in [5.41, 5.74) is 1.52. The van der Waals surface area contributed by atoms with Crippen LogP contribution >= 0.6 is 0 Å². The SMILES string of the molecule is CCS(=O)(=O)Nc1ccc(C2=NN(S(=O)(=O)c3ccc(F)cc3)[C@@H](c3ccco3)C2)cc1. The van der Waals surface area contributed by atoms with Crippen molar-refractivity contribution < 1.29 is 25.6 Å². The summed E-state index contributed by atoms with van der Waals surface area (Å²) in [6, 6.07) is 13.6. The van der Waals surface area contributed by atoms with Gasteiger partial charge in [0.1, 0.15) is 17.6 Å². The molecular formula is C21H20FN3O5S2. The Morgan fingerprint density at radius 2 is 1.75 bits per heavy atom. The molecule has 0 amide bonds. The summed E-state index contributed by atoms with van der Waals surface area (Å²) in [6.45, 7) is 1.54. The Hall–Kier alpha value is -3.18. The van der Waals surface area contributed by atoms with Gasteiger partial charge >= 0.3 is 0 Å². The first-order valence-electron chi connectivity index (χ1n) is 9.71. The highest BCUT2D eigenvalue weighted by Gasteiger charge is 2.39. The number of halogens is 1. The average Bonchev–Trinajstić information content (AvgIpc) is 3.45. The number of nitrogens with zero attached hydrogens (tertiary/aromatic N) is 2. The van der Waals surface area contributed by atoms with Crippen molar-refractivity contribution in [2.24, 2.45) is 5.10 Å². The molecule has 0 saturated carbocycles. The minimum atomic E-state index is -4.08. The van der Waals surface area contributed by atoms with Crippen LogP contribution in [0.15, 0.2) is 81.3 Å². The van der Waals surface area contributed by atoms with Crippen LogP contribution in [0.2, 0.25) is 0 Å². The zero-order valence-corrected chi connectivity index (χ0v) is 18.6. The van der Waals surface area contributed by atoms with Crippen molar-refractivity contribution in [3.8, 4) is 0 Å². The zero-order chi connectivity index (χ0) is 22.9. The number of anilines is 1. The molecule has 8 nitrogen and oxygen atoms in total. The normalized spacial score (nSPS) is 16.8. The summed E-state index contributed by atoms with van der Waals surface area (Å²) in [5, 5.41) is 4.36. The topological polar surface area (TPSA) is 109 Å². The Bertz CT molecular complexity index is 1340. The molecule has 1 aliphatic rings. The van der Waals surface area contributed by atoms with Crippen molar-refractivity contribution in [1.29, 1.82) is 0 Å². The number of hydrogen-bond acceptors (Lipinski definition) is 6. The lowest BCUT2D eigenvalue weighted by molar-refractivity contribution is 0.320. The van der Waals surface area contributed by atoms with E-state index in [1.807, 2.05) is 0 Å². The van der Waals surface area contributed by atoms with E-state index in [1.54, 1.807) is 36.4 Å². The quantitative estimate of drug-likeness (QED) is 0.558. The third kappa shape index (κ3) is 4.39. The molecule has 4 rings (SSSR count). The van der Waals surface area contributed by atoms with Gasteiger partial charge in [-0.3, -0.25) is 4.72 Å². The molecule has 1 aromatic heterocycles. The molecule has 0 aliphatic carbocycles. The van der Waals surface area contributed by atoms with Crippen LogP contribution in [0.25, 0.3) is 0 Å². The highest BCUT2D eigenvalue weighted by atomic mass is 32.2. The summed E-state index contributed by atoms with van der Waals surface area (Å²) >= 11 is 0. The van der Waals surface area contributed by atoms with E-state index in [0.717, 1.165) is 16.5 Å². The lowest BCUT2D eigenvalue weighted by Gasteiger charge is -2.21. The number of hydrogen-bond donors (Lipinski definition) is 1.